The zero-order valence-electron chi connectivity index (χ0n) is 20.7. The summed E-state index contributed by atoms with van der Waals surface area (Å²) in [6.07, 6.45) is 1.36. The van der Waals surface area contributed by atoms with Crippen molar-refractivity contribution < 1.29 is 28.6 Å². The number of methoxy groups -OCH3 is 1. The topological polar surface area (TPSA) is 127 Å². The Hall–Kier alpha value is -4.86. The van der Waals surface area contributed by atoms with Crippen LogP contribution in [0.4, 0.5) is 11.4 Å². The minimum atomic E-state index is -0.934. The number of ether oxygens (including phenoxy) is 3. The molecule has 3 rings (SSSR count). The van der Waals surface area contributed by atoms with Crippen molar-refractivity contribution in [3.63, 3.8) is 0 Å². The molecular weight excluding hydrogens is 476 g/mol. The zero-order valence-corrected chi connectivity index (χ0v) is 20.7. The summed E-state index contributed by atoms with van der Waals surface area (Å²) in [5.41, 5.74) is 4.96. The van der Waals surface area contributed by atoms with E-state index in [9.17, 15) is 14.4 Å². The second-order valence-corrected chi connectivity index (χ2v) is 7.72. The molecule has 192 valence electrons. The molecule has 3 aromatic rings. The highest BCUT2D eigenvalue weighted by molar-refractivity contribution is 6.39. The molecule has 3 amide bonds. The fraction of sp³-hybridized carbons (Fsp3) is 0.185. The monoisotopic (exact) mass is 504 g/mol. The Morgan fingerprint density at radius 1 is 0.838 bits per heavy atom. The minimum absolute atomic E-state index is 0.208. The van der Waals surface area contributed by atoms with Crippen LogP contribution < -0.4 is 30.3 Å². The van der Waals surface area contributed by atoms with Crippen molar-refractivity contribution in [1.29, 1.82) is 0 Å². The predicted molar refractivity (Wildman–Crippen MR) is 140 cm³/mol. The van der Waals surface area contributed by atoms with Crippen LogP contribution in [0.15, 0.2) is 71.8 Å². The van der Waals surface area contributed by atoms with Gasteiger partial charge in [0, 0.05) is 11.4 Å². The van der Waals surface area contributed by atoms with Crippen LogP contribution in [-0.4, -0.2) is 44.3 Å². The van der Waals surface area contributed by atoms with E-state index in [2.05, 4.69) is 21.2 Å². The van der Waals surface area contributed by atoms with Gasteiger partial charge in [-0.1, -0.05) is 17.7 Å². The van der Waals surface area contributed by atoms with Gasteiger partial charge in [0.05, 0.1) is 19.9 Å². The predicted octanol–water partition coefficient (Wildman–Crippen LogP) is 3.51. The van der Waals surface area contributed by atoms with Crippen LogP contribution in [0, 0.1) is 6.92 Å². The smallest absolute Gasteiger partial charge is 0.329 e. The van der Waals surface area contributed by atoms with Crippen LogP contribution in [-0.2, 0) is 14.4 Å². The highest BCUT2D eigenvalue weighted by atomic mass is 16.5. The van der Waals surface area contributed by atoms with E-state index < -0.39 is 11.8 Å². The molecule has 0 radical (unpaired) electrons. The molecule has 0 atom stereocenters. The lowest BCUT2D eigenvalue weighted by Crippen LogP contribution is -2.32. The van der Waals surface area contributed by atoms with Crippen LogP contribution in [0.2, 0.25) is 0 Å². The fourth-order valence-corrected chi connectivity index (χ4v) is 3.05. The maximum atomic E-state index is 12.2. The summed E-state index contributed by atoms with van der Waals surface area (Å²) < 4.78 is 16.3. The van der Waals surface area contributed by atoms with Gasteiger partial charge in [0.25, 0.3) is 5.91 Å². The number of benzene rings is 3. The molecule has 0 saturated carbocycles. The SMILES string of the molecule is CCOc1cc(/C=N\NC(=O)C(=O)Nc2ccc(OC)cc2)ccc1OCC(=O)Nc1ccc(C)cc1. The maximum absolute atomic E-state index is 12.2. The summed E-state index contributed by atoms with van der Waals surface area (Å²) in [6.45, 7) is 3.94. The van der Waals surface area contributed by atoms with Crippen molar-refractivity contribution in [2.24, 2.45) is 5.10 Å². The number of amides is 3. The number of nitrogens with zero attached hydrogens (tertiary/aromatic N) is 1. The Morgan fingerprint density at radius 2 is 1.51 bits per heavy atom. The number of anilines is 2. The van der Waals surface area contributed by atoms with Gasteiger partial charge in [0.2, 0.25) is 0 Å². The summed E-state index contributed by atoms with van der Waals surface area (Å²) in [5.74, 6) is -0.714. The maximum Gasteiger partial charge on any atom is 0.329 e. The molecule has 10 nitrogen and oxygen atoms in total. The second-order valence-electron chi connectivity index (χ2n) is 7.72. The first-order chi connectivity index (χ1) is 17.9. The lowest BCUT2D eigenvalue weighted by atomic mass is 10.2. The van der Waals surface area contributed by atoms with Crippen LogP contribution in [0.1, 0.15) is 18.1 Å². The molecule has 0 aliphatic rings. The van der Waals surface area contributed by atoms with E-state index in [1.165, 1.54) is 13.3 Å². The molecule has 0 spiro atoms. The molecule has 37 heavy (non-hydrogen) atoms. The Bertz CT molecular complexity index is 1260. The third kappa shape index (κ3) is 8.39. The first kappa shape index (κ1) is 26.7. The number of hydrogen-bond donors (Lipinski definition) is 3. The van der Waals surface area contributed by atoms with Gasteiger partial charge in [-0.25, -0.2) is 5.43 Å². The molecule has 0 unspecified atom stereocenters. The van der Waals surface area contributed by atoms with Crippen molar-refractivity contribution in [2.75, 3.05) is 31.0 Å². The fourth-order valence-electron chi connectivity index (χ4n) is 3.05. The van der Waals surface area contributed by atoms with Crippen LogP contribution in [0.25, 0.3) is 0 Å². The number of aryl methyl sites for hydroxylation is 1. The molecule has 0 fully saturated rings. The Kier molecular flexibility index (Phi) is 9.60. The van der Waals surface area contributed by atoms with E-state index in [-0.39, 0.29) is 12.5 Å². The number of nitrogens with one attached hydrogen (secondary N) is 3. The van der Waals surface area contributed by atoms with Crippen molar-refractivity contribution in [3.05, 3.63) is 77.9 Å². The van der Waals surface area contributed by atoms with Gasteiger partial charge in [-0.2, -0.15) is 5.10 Å². The minimum Gasteiger partial charge on any atom is -0.497 e. The molecule has 0 aromatic heterocycles. The summed E-state index contributed by atoms with van der Waals surface area (Å²) >= 11 is 0. The van der Waals surface area contributed by atoms with E-state index >= 15 is 0 Å². The second kappa shape index (κ2) is 13.3. The highest BCUT2D eigenvalue weighted by Gasteiger charge is 2.13. The molecular formula is C27H28N4O6. The highest BCUT2D eigenvalue weighted by Crippen LogP contribution is 2.28. The van der Waals surface area contributed by atoms with E-state index in [0.29, 0.717) is 40.8 Å². The van der Waals surface area contributed by atoms with E-state index in [0.717, 1.165) is 5.56 Å². The third-order valence-electron chi connectivity index (χ3n) is 4.90. The van der Waals surface area contributed by atoms with Crippen LogP contribution >= 0.6 is 0 Å². The molecule has 0 bridgehead atoms. The summed E-state index contributed by atoms with van der Waals surface area (Å²) in [5, 5.41) is 9.06. The number of rotatable bonds is 10. The molecule has 0 heterocycles. The van der Waals surface area contributed by atoms with Gasteiger partial charge in [-0.3, -0.25) is 14.4 Å². The lowest BCUT2D eigenvalue weighted by Gasteiger charge is -2.12. The third-order valence-corrected chi connectivity index (χ3v) is 4.90. The summed E-state index contributed by atoms with van der Waals surface area (Å²) in [7, 11) is 1.53. The van der Waals surface area contributed by atoms with Crippen molar-refractivity contribution >= 4 is 35.3 Å². The molecule has 0 aliphatic carbocycles. The average Bonchev–Trinajstić information content (AvgIpc) is 2.90. The van der Waals surface area contributed by atoms with E-state index in [4.69, 9.17) is 14.2 Å². The molecule has 0 saturated heterocycles. The average molecular weight is 505 g/mol. The molecule has 3 aromatic carbocycles. The largest absolute Gasteiger partial charge is 0.497 e. The first-order valence-corrected chi connectivity index (χ1v) is 11.4. The lowest BCUT2D eigenvalue weighted by molar-refractivity contribution is -0.136. The molecule has 10 heteroatoms. The quantitative estimate of drug-likeness (QED) is 0.220. The Labute approximate surface area is 214 Å². The summed E-state index contributed by atoms with van der Waals surface area (Å²) in [6, 6.07) is 18.9. The van der Waals surface area contributed by atoms with E-state index in [1.807, 2.05) is 38.1 Å². The number of hydrogen-bond acceptors (Lipinski definition) is 7. The van der Waals surface area contributed by atoms with Gasteiger partial charge in [-0.05, 0) is 74.0 Å². The van der Waals surface area contributed by atoms with Gasteiger partial charge < -0.3 is 24.8 Å². The number of carbonyl (C=O) groups excluding carboxylic acids is 3. The van der Waals surface area contributed by atoms with Gasteiger partial charge >= 0.3 is 11.8 Å². The number of hydrazone groups is 1. The zero-order chi connectivity index (χ0) is 26.6. The standard InChI is InChI=1S/C27H28N4O6/c1-4-36-24-15-19(7-14-23(24)37-17-25(32)29-20-8-5-18(2)6-9-20)16-28-31-27(34)26(33)30-21-10-12-22(35-3)13-11-21/h5-16H,4,17H2,1-3H3,(H,29,32)(H,30,33)(H,31,34)/b28-16-. The van der Waals surface area contributed by atoms with Gasteiger partial charge in [0.1, 0.15) is 5.75 Å². The Morgan fingerprint density at radius 3 is 2.19 bits per heavy atom. The number of carbonyl (C=O) groups is 3. The van der Waals surface area contributed by atoms with Crippen molar-refractivity contribution in [2.45, 2.75) is 13.8 Å². The first-order valence-electron chi connectivity index (χ1n) is 11.4. The van der Waals surface area contributed by atoms with Gasteiger partial charge in [0.15, 0.2) is 18.1 Å². The van der Waals surface area contributed by atoms with Crippen molar-refractivity contribution in [3.8, 4) is 17.2 Å². The van der Waals surface area contributed by atoms with E-state index in [1.54, 1.807) is 42.5 Å². The summed E-state index contributed by atoms with van der Waals surface area (Å²) in [4.78, 5) is 36.3. The van der Waals surface area contributed by atoms with Crippen LogP contribution in [0.3, 0.4) is 0 Å². The molecule has 3 N–H and O–H groups in total. The van der Waals surface area contributed by atoms with Gasteiger partial charge in [-0.15, -0.1) is 0 Å². The normalized spacial score (nSPS) is 10.5. The van der Waals surface area contributed by atoms with Crippen molar-refractivity contribution in [1.82, 2.24) is 5.43 Å². The Balaban J connectivity index is 1.54. The molecule has 0 aliphatic heterocycles. The van der Waals surface area contributed by atoms with Crippen LogP contribution in [0.5, 0.6) is 17.2 Å².